The molecule has 2 rings (SSSR count). The van der Waals surface area contributed by atoms with Crippen LogP contribution in [0.2, 0.25) is 0 Å². The number of nitrogens with one attached hydrogen (secondary N) is 2. The van der Waals surface area contributed by atoms with Crippen molar-refractivity contribution >= 4 is 0 Å². The van der Waals surface area contributed by atoms with Gasteiger partial charge in [0.1, 0.15) is 0 Å². The van der Waals surface area contributed by atoms with Crippen LogP contribution in [0.5, 0.6) is 0 Å². The van der Waals surface area contributed by atoms with Crippen molar-refractivity contribution in [1.82, 2.24) is 15.5 Å². The Morgan fingerprint density at radius 3 is 2.86 bits per heavy atom. The fourth-order valence-corrected chi connectivity index (χ4v) is 1.94. The van der Waals surface area contributed by atoms with Crippen molar-refractivity contribution in [3.05, 3.63) is 41.6 Å². The molecule has 1 heterocycles. The number of rotatable bonds is 6. The van der Waals surface area contributed by atoms with Crippen molar-refractivity contribution in [3.8, 4) is 11.3 Å². The third kappa shape index (κ3) is 4.05. The summed E-state index contributed by atoms with van der Waals surface area (Å²) in [6, 6.07) is 5.19. The molecule has 0 aliphatic heterocycles. The highest BCUT2D eigenvalue weighted by atomic mass is 19.4. The molecule has 7 heteroatoms. The van der Waals surface area contributed by atoms with Gasteiger partial charge >= 0.3 is 6.18 Å². The van der Waals surface area contributed by atoms with Crippen LogP contribution in [0, 0.1) is 0 Å². The summed E-state index contributed by atoms with van der Waals surface area (Å²) in [7, 11) is 1.60. The summed E-state index contributed by atoms with van der Waals surface area (Å²) in [5, 5.41) is 9.80. The van der Waals surface area contributed by atoms with E-state index in [2.05, 4.69) is 15.5 Å². The van der Waals surface area contributed by atoms with Crippen molar-refractivity contribution in [1.29, 1.82) is 0 Å². The zero-order valence-corrected chi connectivity index (χ0v) is 11.5. The van der Waals surface area contributed by atoms with Gasteiger partial charge in [-0.1, -0.05) is 12.1 Å². The average Bonchev–Trinajstić information content (AvgIpc) is 2.91. The van der Waals surface area contributed by atoms with E-state index in [4.69, 9.17) is 4.74 Å². The number of H-pyrrole nitrogens is 1. The van der Waals surface area contributed by atoms with E-state index in [1.54, 1.807) is 19.4 Å². The first kappa shape index (κ1) is 15.5. The lowest BCUT2D eigenvalue weighted by Crippen LogP contribution is -2.18. The molecule has 1 aromatic carbocycles. The van der Waals surface area contributed by atoms with Gasteiger partial charge in [-0.3, -0.25) is 5.10 Å². The van der Waals surface area contributed by atoms with Crippen molar-refractivity contribution < 1.29 is 17.9 Å². The minimum Gasteiger partial charge on any atom is -0.383 e. The lowest BCUT2D eigenvalue weighted by Gasteiger charge is -2.09. The Balaban J connectivity index is 2.17. The number of aromatic amines is 1. The number of methoxy groups -OCH3 is 1. The zero-order chi connectivity index (χ0) is 15.3. The molecule has 0 atom stereocenters. The van der Waals surface area contributed by atoms with Gasteiger partial charge in [0.2, 0.25) is 0 Å². The van der Waals surface area contributed by atoms with E-state index in [1.165, 1.54) is 6.07 Å². The Morgan fingerprint density at radius 2 is 2.14 bits per heavy atom. The predicted molar refractivity (Wildman–Crippen MR) is 72.6 cm³/mol. The Morgan fingerprint density at radius 1 is 1.33 bits per heavy atom. The molecule has 0 saturated carbocycles. The van der Waals surface area contributed by atoms with Gasteiger partial charge in [0.25, 0.3) is 0 Å². The van der Waals surface area contributed by atoms with E-state index in [1.807, 2.05) is 0 Å². The van der Waals surface area contributed by atoms with Gasteiger partial charge < -0.3 is 10.1 Å². The lowest BCUT2D eigenvalue weighted by molar-refractivity contribution is -0.137. The van der Waals surface area contributed by atoms with E-state index < -0.39 is 11.7 Å². The maximum Gasteiger partial charge on any atom is 0.416 e. The third-order valence-electron chi connectivity index (χ3n) is 2.99. The van der Waals surface area contributed by atoms with Gasteiger partial charge in [0, 0.05) is 31.3 Å². The highest BCUT2D eigenvalue weighted by molar-refractivity contribution is 5.63. The minimum absolute atomic E-state index is 0.464. The first-order valence-electron chi connectivity index (χ1n) is 6.42. The van der Waals surface area contributed by atoms with Crippen molar-refractivity contribution in [2.24, 2.45) is 0 Å². The molecule has 0 saturated heterocycles. The molecule has 0 spiro atoms. The van der Waals surface area contributed by atoms with E-state index >= 15 is 0 Å². The topological polar surface area (TPSA) is 49.9 Å². The Kier molecular flexibility index (Phi) is 4.98. The normalized spacial score (nSPS) is 11.8. The molecule has 0 aliphatic carbocycles. The summed E-state index contributed by atoms with van der Waals surface area (Å²) in [5.74, 6) is 0. The number of ether oxygens (including phenoxy) is 1. The molecular weight excluding hydrogens is 283 g/mol. The first-order chi connectivity index (χ1) is 10.0. The number of nitrogens with zero attached hydrogens (tertiary/aromatic N) is 1. The molecule has 0 unspecified atom stereocenters. The molecule has 1 aromatic heterocycles. The first-order valence-corrected chi connectivity index (χ1v) is 6.42. The number of benzene rings is 1. The average molecular weight is 299 g/mol. The molecule has 2 N–H and O–H groups in total. The largest absolute Gasteiger partial charge is 0.416 e. The SMILES string of the molecule is COCCNCc1cn[nH]c1-c1cccc(C(F)(F)F)c1. The highest BCUT2D eigenvalue weighted by Gasteiger charge is 2.30. The molecule has 21 heavy (non-hydrogen) atoms. The van der Waals surface area contributed by atoms with Crippen LogP contribution in [0.4, 0.5) is 13.2 Å². The highest BCUT2D eigenvalue weighted by Crippen LogP contribution is 2.32. The van der Waals surface area contributed by atoms with E-state index in [0.29, 0.717) is 31.0 Å². The number of hydrogen-bond acceptors (Lipinski definition) is 3. The zero-order valence-electron chi connectivity index (χ0n) is 11.5. The quantitative estimate of drug-likeness (QED) is 0.806. The van der Waals surface area contributed by atoms with Gasteiger partial charge in [-0.25, -0.2) is 0 Å². The number of alkyl halides is 3. The van der Waals surface area contributed by atoms with Crippen LogP contribution in [0.25, 0.3) is 11.3 Å². The van der Waals surface area contributed by atoms with E-state index in [-0.39, 0.29) is 0 Å². The van der Waals surface area contributed by atoms with E-state index in [9.17, 15) is 13.2 Å². The van der Waals surface area contributed by atoms with Gasteiger partial charge in [0.05, 0.1) is 24.1 Å². The molecule has 0 radical (unpaired) electrons. The smallest absolute Gasteiger partial charge is 0.383 e. The summed E-state index contributed by atoms with van der Waals surface area (Å²) >= 11 is 0. The Labute approximate surface area is 120 Å². The molecule has 0 bridgehead atoms. The molecule has 114 valence electrons. The second-order valence-corrected chi connectivity index (χ2v) is 4.52. The summed E-state index contributed by atoms with van der Waals surface area (Å²) in [4.78, 5) is 0. The van der Waals surface area contributed by atoms with Gasteiger partial charge in [-0.2, -0.15) is 18.3 Å². The maximum absolute atomic E-state index is 12.7. The minimum atomic E-state index is -4.35. The van der Waals surface area contributed by atoms with Crippen molar-refractivity contribution in [2.75, 3.05) is 20.3 Å². The van der Waals surface area contributed by atoms with Crippen LogP contribution in [-0.2, 0) is 17.5 Å². The Hall–Kier alpha value is -1.86. The molecule has 0 fully saturated rings. The summed E-state index contributed by atoms with van der Waals surface area (Å²) in [5.41, 5.74) is 1.19. The summed E-state index contributed by atoms with van der Waals surface area (Å²) in [6.45, 7) is 1.73. The van der Waals surface area contributed by atoms with Crippen LogP contribution >= 0.6 is 0 Å². The summed E-state index contributed by atoms with van der Waals surface area (Å²) in [6.07, 6.45) is -2.75. The van der Waals surface area contributed by atoms with Gasteiger partial charge in [-0.15, -0.1) is 0 Å². The number of hydrogen-bond donors (Lipinski definition) is 2. The van der Waals surface area contributed by atoms with Gasteiger partial charge in [0.15, 0.2) is 0 Å². The molecule has 0 aliphatic rings. The van der Waals surface area contributed by atoms with Gasteiger partial charge in [-0.05, 0) is 12.1 Å². The third-order valence-corrected chi connectivity index (χ3v) is 2.99. The van der Waals surface area contributed by atoms with Crippen molar-refractivity contribution in [2.45, 2.75) is 12.7 Å². The Bertz CT molecular complexity index is 581. The molecule has 4 nitrogen and oxygen atoms in total. The maximum atomic E-state index is 12.7. The second-order valence-electron chi connectivity index (χ2n) is 4.52. The standard InChI is InChI=1S/C14H16F3N3O/c1-21-6-5-18-8-11-9-19-20-13(11)10-3-2-4-12(7-10)14(15,16)17/h2-4,7,9,18H,5-6,8H2,1H3,(H,19,20). The van der Waals surface area contributed by atoms with Crippen LogP contribution < -0.4 is 5.32 Å². The second kappa shape index (κ2) is 6.73. The lowest BCUT2D eigenvalue weighted by atomic mass is 10.0. The monoisotopic (exact) mass is 299 g/mol. The molecular formula is C14H16F3N3O. The van der Waals surface area contributed by atoms with Crippen LogP contribution in [0.15, 0.2) is 30.5 Å². The van der Waals surface area contributed by atoms with Crippen LogP contribution in [0.1, 0.15) is 11.1 Å². The molecule has 0 amide bonds. The summed E-state index contributed by atoms with van der Waals surface area (Å²) < 4.78 is 43.2. The fourth-order valence-electron chi connectivity index (χ4n) is 1.94. The number of aromatic nitrogens is 2. The van der Waals surface area contributed by atoms with Crippen LogP contribution in [0.3, 0.4) is 0 Å². The predicted octanol–water partition coefficient (Wildman–Crippen LogP) is 2.83. The fraction of sp³-hybridized carbons (Fsp3) is 0.357. The van der Waals surface area contributed by atoms with E-state index in [0.717, 1.165) is 17.7 Å². The molecule has 2 aromatic rings. The van der Waals surface area contributed by atoms with Crippen LogP contribution in [-0.4, -0.2) is 30.5 Å². The van der Waals surface area contributed by atoms with Crippen molar-refractivity contribution in [3.63, 3.8) is 0 Å². The number of halogens is 3.